The van der Waals surface area contributed by atoms with E-state index >= 15 is 0 Å². The maximum atomic E-state index is 4.09. The van der Waals surface area contributed by atoms with Crippen molar-refractivity contribution in [2.24, 2.45) is 0 Å². The summed E-state index contributed by atoms with van der Waals surface area (Å²) in [5.41, 5.74) is 0. The molecule has 8 heavy (non-hydrogen) atoms. The molecular formula is C4H5BrN2S. The first-order valence-corrected chi connectivity index (χ1v) is 4.07. The van der Waals surface area contributed by atoms with Crippen LogP contribution in [-0.2, 0) is 5.33 Å². The Morgan fingerprint density at radius 1 is 1.75 bits per heavy atom. The largest absolute Gasteiger partial charge is 0.224 e. The van der Waals surface area contributed by atoms with Gasteiger partial charge in [-0.3, -0.25) is 0 Å². The number of aryl methyl sites for hydroxylation is 1. The van der Waals surface area contributed by atoms with Crippen LogP contribution in [0.2, 0.25) is 0 Å². The smallest absolute Gasteiger partial charge is 0.139 e. The van der Waals surface area contributed by atoms with E-state index in [1.54, 1.807) is 0 Å². The van der Waals surface area contributed by atoms with Gasteiger partial charge in [-0.2, -0.15) is 4.37 Å². The van der Waals surface area contributed by atoms with Gasteiger partial charge in [0.05, 0.1) is 5.33 Å². The van der Waals surface area contributed by atoms with Crippen molar-refractivity contribution in [2.75, 3.05) is 0 Å². The summed E-state index contributed by atoms with van der Waals surface area (Å²) in [6.07, 6.45) is 0. The van der Waals surface area contributed by atoms with Crippen molar-refractivity contribution in [3.05, 3.63) is 10.8 Å². The van der Waals surface area contributed by atoms with Gasteiger partial charge in [0, 0.05) is 0 Å². The van der Waals surface area contributed by atoms with E-state index in [2.05, 4.69) is 25.3 Å². The van der Waals surface area contributed by atoms with Crippen LogP contribution in [0.1, 0.15) is 10.8 Å². The zero-order valence-electron chi connectivity index (χ0n) is 4.39. The van der Waals surface area contributed by atoms with Crippen molar-refractivity contribution in [3.63, 3.8) is 0 Å². The molecule has 0 aromatic carbocycles. The van der Waals surface area contributed by atoms with E-state index in [-0.39, 0.29) is 0 Å². The molecule has 1 aromatic heterocycles. The first-order chi connectivity index (χ1) is 3.83. The molecule has 0 aliphatic rings. The molecule has 0 saturated heterocycles. The number of hydrogen-bond acceptors (Lipinski definition) is 3. The third-order valence-corrected chi connectivity index (χ3v) is 2.39. The Bertz CT molecular complexity index is 174. The van der Waals surface area contributed by atoms with Crippen LogP contribution in [0.4, 0.5) is 0 Å². The molecule has 0 N–H and O–H groups in total. The molecule has 0 aliphatic heterocycles. The molecule has 1 heterocycles. The van der Waals surface area contributed by atoms with E-state index < -0.39 is 0 Å². The fourth-order valence-electron chi connectivity index (χ4n) is 0.394. The highest BCUT2D eigenvalue weighted by molar-refractivity contribution is 9.08. The van der Waals surface area contributed by atoms with Crippen LogP contribution in [0.25, 0.3) is 0 Å². The molecule has 0 saturated carbocycles. The first kappa shape index (κ1) is 6.16. The van der Waals surface area contributed by atoms with Gasteiger partial charge in [-0.1, -0.05) is 15.9 Å². The number of halogens is 1. The van der Waals surface area contributed by atoms with Crippen molar-refractivity contribution in [2.45, 2.75) is 12.3 Å². The minimum absolute atomic E-state index is 0.818. The van der Waals surface area contributed by atoms with Crippen molar-refractivity contribution in [1.29, 1.82) is 0 Å². The van der Waals surface area contributed by atoms with Gasteiger partial charge in [0.15, 0.2) is 0 Å². The van der Waals surface area contributed by atoms with E-state index in [0.29, 0.717) is 0 Å². The molecule has 0 atom stereocenters. The molecule has 1 rings (SSSR count). The predicted octanol–water partition coefficient (Wildman–Crippen LogP) is 1.74. The summed E-state index contributed by atoms with van der Waals surface area (Å²) in [4.78, 5) is 4.09. The number of hydrogen-bond donors (Lipinski definition) is 0. The lowest BCUT2D eigenvalue weighted by Crippen LogP contribution is -1.73. The fourth-order valence-corrected chi connectivity index (χ4v) is 1.33. The number of aromatic nitrogens is 2. The van der Waals surface area contributed by atoms with Crippen LogP contribution >= 0.6 is 27.5 Å². The molecule has 0 spiro atoms. The van der Waals surface area contributed by atoms with E-state index in [1.165, 1.54) is 11.5 Å². The van der Waals surface area contributed by atoms with Crippen LogP contribution < -0.4 is 0 Å². The molecule has 0 unspecified atom stereocenters. The molecule has 2 nitrogen and oxygen atoms in total. The zero-order valence-corrected chi connectivity index (χ0v) is 6.79. The predicted molar refractivity (Wildman–Crippen MR) is 37.3 cm³/mol. The Kier molecular flexibility index (Phi) is 1.96. The third-order valence-electron chi connectivity index (χ3n) is 0.684. The Balaban J connectivity index is 2.84. The number of rotatable bonds is 1. The Morgan fingerprint density at radius 3 is 2.75 bits per heavy atom. The molecule has 4 heteroatoms. The summed E-state index contributed by atoms with van der Waals surface area (Å²) in [6, 6.07) is 0. The lowest BCUT2D eigenvalue weighted by molar-refractivity contribution is 1.13. The maximum absolute atomic E-state index is 4.09. The molecule has 0 fully saturated rings. The third kappa shape index (κ3) is 1.26. The van der Waals surface area contributed by atoms with Gasteiger partial charge in [-0.05, 0) is 18.5 Å². The minimum atomic E-state index is 0.818. The lowest BCUT2D eigenvalue weighted by Gasteiger charge is -1.75. The second-order valence-electron chi connectivity index (χ2n) is 1.37. The second-order valence-corrected chi connectivity index (χ2v) is 2.77. The molecule has 1 aromatic rings. The minimum Gasteiger partial charge on any atom is -0.224 e. The van der Waals surface area contributed by atoms with Crippen LogP contribution in [-0.4, -0.2) is 9.36 Å². The second kappa shape index (κ2) is 2.55. The van der Waals surface area contributed by atoms with Crippen molar-refractivity contribution < 1.29 is 0 Å². The lowest BCUT2D eigenvalue weighted by atomic mass is 10.7. The monoisotopic (exact) mass is 192 g/mol. The molecule has 0 aliphatic carbocycles. The SMILES string of the molecule is Cc1nsc(CBr)n1. The van der Waals surface area contributed by atoms with Crippen LogP contribution in [0, 0.1) is 6.92 Å². The van der Waals surface area contributed by atoms with E-state index in [9.17, 15) is 0 Å². The quantitative estimate of drug-likeness (QED) is 0.635. The van der Waals surface area contributed by atoms with Gasteiger partial charge in [0.1, 0.15) is 10.8 Å². The Hall–Kier alpha value is 0.0400. The highest BCUT2D eigenvalue weighted by Gasteiger charge is 1.94. The highest BCUT2D eigenvalue weighted by atomic mass is 79.9. The number of alkyl halides is 1. The fraction of sp³-hybridized carbons (Fsp3) is 0.500. The Morgan fingerprint density at radius 2 is 2.50 bits per heavy atom. The van der Waals surface area contributed by atoms with Crippen LogP contribution in [0.15, 0.2) is 0 Å². The summed E-state index contributed by atoms with van der Waals surface area (Å²) in [5, 5.41) is 1.86. The van der Waals surface area contributed by atoms with E-state index in [1.807, 2.05) is 6.92 Å². The zero-order chi connectivity index (χ0) is 5.98. The highest BCUT2D eigenvalue weighted by Crippen LogP contribution is 2.06. The first-order valence-electron chi connectivity index (χ1n) is 2.18. The average molecular weight is 193 g/mol. The molecular weight excluding hydrogens is 188 g/mol. The number of nitrogens with zero attached hydrogens (tertiary/aromatic N) is 2. The van der Waals surface area contributed by atoms with E-state index in [0.717, 1.165) is 16.2 Å². The van der Waals surface area contributed by atoms with Gasteiger partial charge >= 0.3 is 0 Å². The van der Waals surface area contributed by atoms with Crippen molar-refractivity contribution in [1.82, 2.24) is 9.36 Å². The Labute approximate surface area is 60.2 Å². The summed E-state index contributed by atoms with van der Waals surface area (Å²) in [6.45, 7) is 1.89. The summed E-state index contributed by atoms with van der Waals surface area (Å²) >= 11 is 4.72. The normalized spacial score (nSPS) is 9.75. The standard InChI is InChI=1S/C4H5BrN2S/c1-3-6-4(2-5)8-7-3/h2H2,1H3. The van der Waals surface area contributed by atoms with Gasteiger partial charge in [0.2, 0.25) is 0 Å². The van der Waals surface area contributed by atoms with Crippen LogP contribution in [0.5, 0.6) is 0 Å². The van der Waals surface area contributed by atoms with Gasteiger partial charge in [-0.25, -0.2) is 4.98 Å². The van der Waals surface area contributed by atoms with Crippen molar-refractivity contribution in [3.8, 4) is 0 Å². The van der Waals surface area contributed by atoms with Gasteiger partial charge in [-0.15, -0.1) is 0 Å². The summed E-state index contributed by atoms with van der Waals surface area (Å²) in [5.74, 6) is 0.865. The van der Waals surface area contributed by atoms with E-state index in [4.69, 9.17) is 0 Å². The molecule has 0 amide bonds. The topological polar surface area (TPSA) is 25.8 Å². The van der Waals surface area contributed by atoms with Crippen molar-refractivity contribution >= 4 is 27.5 Å². The maximum Gasteiger partial charge on any atom is 0.139 e. The summed E-state index contributed by atoms with van der Waals surface area (Å²) < 4.78 is 3.99. The molecule has 0 bridgehead atoms. The summed E-state index contributed by atoms with van der Waals surface area (Å²) in [7, 11) is 0. The van der Waals surface area contributed by atoms with Gasteiger partial charge < -0.3 is 0 Å². The molecule has 0 radical (unpaired) electrons. The molecule has 44 valence electrons. The van der Waals surface area contributed by atoms with Crippen LogP contribution in [0.3, 0.4) is 0 Å². The van der Waals surface area contributed by atoms with Gasteiger partial charge in [0.25, 0.3) is 0 Å². The average Bonchev–Trinajstić information content (AvgIpc) is 2.14.